The first kappa shape index (κ1) is 9.92. The van der Waals surface area contributed by atoms with Gasteiger partial charge in [0.15, 0.2) is 0 Å². The Morgan fingerprint density at radius 3 is 2.92 bits per heavy atom. The molecule has 4 heteroatoms. The highest BCUT2D eigenvalue weighted by molar-refractivity contribution is 5.36. The van der Waals surface area contributed by atoms with E-state index in [2.05, 4.69) is 21.8 Å². The summed E-state index contributed by atoms with van der Waals surface area (Å²) in [5.74, 6) is 0.941. The van der Waals surface area contributed by atoms with Crippen LogP contribution in [-0.2, 0) is 0 Å². The molecule has 1 rings (SSSR count). The molecule has 72 valence electrons. The third-order valence-corrected chi connectivity index (χ3v) is 2.17. The zero-order valence-electron chi connectivity index (χ0n) is 8.14. The molecule has 0 saturated heterocycles. The standard InChI is InChI=1S/C9H16N4/c1-8(3-5-10)13(2)9-4-6-11-7-12-9/h4,6-8H,3,5,10H2,1-2H3. The lowest BCUT2D eigenvalue weighted by Crippen LogP contribution is -2.31. The van der Waals surface area contributed by atoms with Gasteiger partial charge < -0.3 is 10.6 Å². The Morgan fingerprint density at radius 1 is 1.62 bits per heavy atom. The molecule has 0 fully saturated rings. The molecule has 1 heterocycles. The van der Waals surface area contributed by atoms with Crippen molar-refractivity contribution in [1.82, 2.24) is 9.97 Å². The van der Waals surface area contributed by atoms with Crippen LogP contribution in [0.1, 0.15) is 13.3 Å². The van der Waals surface area contributed by atoms with Crippen LogP contribution in [0.5, 0.6) is 0 Å². The summed E-state index contributed by atoms with van der Waals surface area (Å²) in [7, 11) is 2.02. The molecule has 1 aromatic heterocycles. The number of rotatable bonds is 4. The van der Waals surface area contributed by atoms with Gasteiger partial charge in [0.1, 0.15) is 12.1 Å². The number of aromatic nitrogens is 2. The normalized spacial score (nSPS) is 12.5. The first-order valence-electron chi connectivity index (χ1n) is 4.44. The van der Waals surface area contributed by atoms with Gasteiger partial charge in [-0.15, -0.1) is 0 Å². The maximum Gasteiger partial charge on any atom is 0.131 e. The van der Waals surface area contributed by atoms with E-state index >= 15 is 0 Å². The van der Waals surface area contributed by atoms with E-state index in [1.54, 1.807) is 12.5 Å². The minimum atomic E-state index is 0.417. The molecule has 0 aliphatic rings. The van der Waals surface area contributed by atoms with Crippen LogP contribution in [0.3, 0.4) is 0 Å². The molecule has 4 nitrogen and oxygen atoms in total. The molecular weight excluding hydrogens is 164 g/mol. The van der Waals surface area contributed by atoms with Crippen LogP contribution < -0.4 is 10.6 Å². The van der Waals surface area contributed by atoms with E-state index in [0.717, 1.165) is 12.2 Å². The maximum atomic E-state index is 5.49. The van der Waals surface area contributed by atoms with Gasteiger partial charge in [0, 0.05) is 19.3 Å². The van der Waals surface area contributed by atoms with Crippen LogP contribution in [-0.4, -0.2) is 29.6 Å². The third-order valence-electron chi connectivity index (χ3n) is 2.17. The molecule has 0 aromatic carbocycles. The molecule has 0 bridgehead atoms. The van der Waals surface area contributed by atoms with E-state index in [0.29, 0.717) is 12.6 Å². The van der Waals surface area contributed by atoms with E-state index in [4.69, 9.17) is 5.73 Å². The molecule has 0 aliphatic heterocycles. The van der Waals surface area contributed by atoms with Crippen LogP contribution >= 0.6 is 0 Å². The molecule has 0 radical (unpaired) electrons. The second kappa shape index (κ2) is 4.77. The minimum Gasteiger partial charge on any atom is -0.357 e. The summed E-state index contributed by atoms with van der Waals surface area (Å²) < 4.78 is 0. The fraction of sp³-hybridized carbons (Fsp3) is 0.556. The van der Waals surface area contributed by atoms with Gasteiger partial charge in [-0.25, -0.2) is 9.97 Å². The lowest BCUT2D eigenvalue weighted by atomic mass is 10.2. The largest absolute Gasteiger partial charge is 0.357 e. The fourth-order valence-corrected chi connectivity index (χ4v) is 1.15. The third kappa shape index (κ3) is 2.66. The van der Waals surface area contributed by atoms with Gasteiger partial charge in [0.25, 0.3) is 0 Å². The lowest BCUT2D eigenvalue weighted by Gasteiger charge is -2.25. The topological polar surface area (TPSA) is 55.0 Å². The SMILES string of the molecule is CC(CCN)N(C)c1ccncn1. The second-order valence-electron chi connectivity index (χ2n) is 3.10. The van der Waals surface area contributed by atoms with Gasteiger partial charge in [0.2, 0.25) is 0 Å². The van der Waals surface area contributed by atoms with Crippen molar-refractivity contribution in [3.8, 4) is 0 Å². The number of nitrogens with zero attached hydrogens (tertiary/aromatic N) is 3. The van der Waals surface area contributed by atoms with Crippen molar-refractivity contribution in [2.24, 2.45) is 5.73 Å². The summed E-state index contributed by atoms with van der Waals surface area (Å²) in [6, 6.07) is 2.31. The van der Waals surface area contributed by atoms with E-state index in [1.165, 1.54) is 0 Å². The zero-order chi connectivity index (χ0) is 9.68. The lowest BCUT2D eigenvalue weighted by molar-refractivity contribution is 0.629. The van der Waals surface area contributed by atoms with Gasteiger partial charge in [-0.1, -0.05) is 0 Å². The van der Waals surface area contributed by atoms with Crippen molar-refractivity contribution < 1.29 is 0 Å². The van der Waals surface area contributed by atoms with E-state index in [1.807, 2.05) is 13.1 Å². The van der Waals surface area contributed by atoms with Crippen molar-refractivity contribution in [3.63, 3.8) is 0 Å². The van der Waals surface area contributed by atoms with Crippen molar-refractivity contribution in [3.05, 3.63) is 18.6 Å². The second-order valence-corrected chi connectivity index (χ2v) is 3.10. The molecule has 0 aliphatic carbocycles. The van der Waals surface area contributed by atoms with Gasteiger partial charge in [-0.2, -0.15) is 0 Å². The van der Waals surface area contributed by atoms with Crippen LogP contribution in [0.2, 0.25) is 0 Å². The Balaban J connectivity index is 2.62. The number of nitrogens with two attached hydrogens (primary N) is 1. The van der Waals surface area contributed by atoms with Gasteiger partial charge in [0.05, 0.1) is 0 Å². The highest BCUT2D eigenvalue weighted by Gasteiger charge is 2.08. The molecule has 0 amide bonds. The fourth-order valence-electron chi connectivity index (χ4n) is 1.15. The Morgan fingerprint density at radius 2 is 2.38 bits per heavy atom. The predicted octanol–water partition coefficient (Wildman–Crippen LogP) is 0.650. The molecule has 0 spiro atoms. The summed E-state index contributed by atoms with van der Waals surface area (Å²) in [6.07, 6.45) is 4.27. The van der Waals surface area contributed by atoms with E-state index in [-0.39, 0.29) is 0 Å². The van der Waals surface area contributed by atoms with Gasteiger partial charge in [-0.3, -0.25) is 0 Å². The summed E-state index contributed by atoms with van der Waals surface area (Å²) in [5, 5.41) is 0. The molecule has 1 unspecified atom stereocenters. The highest BCUT2D eigenvalue weighted by atomic mass is 15.2. The average Bonchev–Trinajstić information content (AvgIpc) is 2.18. The number of hydrogen-bond acceptors (Lipinski definition) is 4. The molecular formula is C9H16N4. The monoisotopic (exact) mass is 180 g/mol. The van der Waals surface area contributed by atoms with E-state index < -0.39 is 0 Å². The molecule has 1 aromatic rings. The van der Waals surface area contributed by atoms with Crippen LogP contribution in [0.15, 0.2) is 18.6 Å². The smallest absolute Gasteiger partial charge is 0.131 e. The van der Waals surface area contributed by atoms with Crippen LogP contribution in [0.25, 0.3) is 0 Å². The van der Waals surface area contributed by atoms with Crippen molar-refractivity contribution in [2.75, 3.05) is 18.5 Å². The van der Waals surface area contributed by atoms with Crippen molar-refractivity contribution in [1.29, 1.82) is 0 Å². The first-order valence-corrected chi connectivity index (χ1v) is 4.44. The predicted molar refractivity (Wildman–Crippen MR) is 53.6 cm³/mol. The van der Waals surface area contributed by atoms with Crippen molar-refractivity contribution >= 4 is 5.82 Å². The van der Waals surface area contributed by atoms with E-state index in [9.17, 15) is 0 Å². The molecule has 13 heavy (non-hydrogen) atoms. The minimum absolute atomic E-state index is 0.417. The first-order chi connectivity index (χ1) is 6.25. The Hall–Kier alpha value is -1.16. The Bertz CT molecular complexity index is 237. The van der Waals surface area contributed by atoms with Crippen LogP contribution in [0.4, 0.5) is 5.82 Å². The number of hydrogen-bond donors (Lipinski definition) is 1. The average molecular weight is 180 g/mol. The van der Waals surface area contributed by atoms with Crippen molar-refractivity contribution in [2.45, 2.75) is 19.4 Å². The molecule has 2 N–H and O–H groups in total. The molecule has 0 saturated carbocycles. The molecule has 1 atom stereocenters. The summed E-state index contributed by atoms with van der Waals surface area (Å²) in [6.45, 7) is 2.84. The Labute approximate surface area is 78.8 Å². The highest BCUT2D eigenvalue weighted by Crippen LogP contribution is 2.10. The Kier molecular flexibility index (Phi) is 3.64. The maximum absolute atomic E-state index is 5.49. The zero-order valence-corrected chi connectivity index (χ0v) is 8.14. The number of anilines is 1. The summed E-state index contributed by atoms with van der Waals surface area (Å²) >= 11 is 0. The summed E-state index contributed by atoms with van der Waals surface area (Å²) in [4.78, 5) is 10.1. The van der Waals surface area contributed by atoms with Gasteiger partial charge in [-0.05, 0) is 26.0 Å². The summed E-state index contributed by atoms with van der Waals surface area (Å²) in [5.41, 5.74) is 5.49. The van der Waals surface area contributed by atoms with Gasteiger partial charge >= 0.3 is 0 Å². The quantitative estimate of drug-likeness (QED) is 0.739. The van der Waals surface area contributed by atoms with Crippen LogP contribution in [0, 0.1) is 0 Å².